The van der Waals surface area contributed by atoms with Gasteiger partial charge >= 0.3 is 6.18 Å². The van der Waals surface area contributed by atoms with E-state index < -0.39 is 17.9 Å². The molecule has 1 aliphatic rings. The molecular weight excluding hydrogens is 415 g/mol. The predicted molar refractivity (Wildman–Crippen MR) is 106 cm³/mol. The molecule has 3 rings (SSSR count). The summed E-state index contributed by atoms with van der Waals surface area (Å²) >= 11 is 0. The minimum absolute atomic E-state index is 0.101. The molecule has 2 heterocycles. The van der Waals surface area contributed by atoms with Crippen LogP contribution in [0.5, 0.6) is 5.88 Å². The number of alkyl halides is 3. The van der Waals surface area contributed by atoms with Crippen LogP contribution in [-0.4, -0.2) is 38.9 Å². The lowest BCUT2D eigenvalue weighted by Crippen LogP contribution is -2.29. The van der Waals surface area contributed by atoms with Crippen molar-refractivity contribution < 1.29 is 22.8 Å². The number of halogens is 3. The van der Waals surface area contributed by atoms with Gasteiger partial charge in [-0.3, -0.25) is 4.79 Å². The van der Waals surface area contributed by atoms with Crippen LogP contribution < -0.4 is 21.0 Å². The van der Waals surface area contributed by atoms with E-state index in [1.54, 1.807) is 13.2 Å². The van der Waals surface area contributed by atoms with Crippen molar-refractivity contribution in [2.45, 2.75) is 57.7 Å². The Morgan fingerprint density at radius 1 is 1.13 bits per heavy atom. The summed E-state index contributed by atoms with van der Waals surface area (Å²) in [5.41, 5.74) is 3.42. The molecule has 1 aliphatic carbocycles. The van der Waals surface area contributed by atoms with E-state index in [1.165, 1.54) is 6.92 Å². The Hall–Kier alpha value is -3.18. The molecule has 1 fully saturated rings. The van der Waals surface area contributed by atoms with Gasteiger partial charge in [-0.1, -0.05) is 0 Å². The molecule has 1 saturated carbocycles. The first kappa shape index (κ1) is 22.5. The van der Waals surface area contributed by atoms with Crippen molar-refractivity contribution in [3.05, 3.63) is 29.3 Å². The first-order valence-corrected chi connectivity index (χ1v) is 9.83. The fourth-order valence-corrected chi connectivity index (χ4v) is 3.49. The van der Waals surface area contributed by atoms with Crippen LogP contribution in [0.4, 0.5) is 24.9 Å². The number of aromatic nitrogens is 4. The Morgan fingerprint density at radius 3 is 2.45 bits per heavy atom. The van der Waals surface area contributed by atoms with E-state index in [4.69, 9.17) is 4.84 Å². The van der Waals surface area contributed by atoms with Crippen LogP contribution >= 0.6 is 0 Å². The van der Waals surface area contributed by atoms with E-state index in [0.29, 0.717) is 24.4 Å². The van der Waals surface area contributed by atoms with Crippen LogP contribution in [0, 0.1) is 6.92 Å². The summed E-state index contributed by atoms with van der Waals surface area (Å²) in [7, 11) is 1.79. The largest absolute Gasteiger partial charge is 0.451 e. The Kier molecular flexibility index (Phi) is 6.76. The number of carbonyl (C=O) groups is 1. The molecule has 3 N–H and O–H groups in total. The average Bonchev–Trinajstić information content (AvgIpc) is 2.73. The number of aryl methyl sites for hydroxylation is 1. The quantitative estimate of drug-likeness (QED) is 0.588. The fourth-order valence-electron chi connectivity index (χ4n) is 3.49. The molecule has 168 valence electrons. The number of hydrogen-bond acceptors (Lipinski definition) is 8. The number of amides is 1. The fraction of sp³-hybridized carbons (Fsp3) is 0.526. The number of nitrogens with one attached hydrogen (secondary N) is 3. The summed E-state index contributed by atoms with van der Waals surface area (Å²) in [5, 5.41) is 6.32. The van der Waals surface area contributed by atoms with Crippen LogP contribution in [0.2, 0.25) is 0 Å². The minimum Gasteiger partial charge on any atom is -0.373 e. The lowest BCUT2D eigenvalue weighted by Gasteiger charge is -2.29. The van der Waals surface area contributed by atoms with Crippen LogP contribution in [0.25, 0.3) is 0 Å². The first-order valence-electron chi connectivity index (χ1n) is 9.83. The van der Waals surface area contributed by atoms with Crippen LogP contribution in [0.15, 0.2) is 12.4 Å². The summed E-state index contributed by atoms with van der Waals surface area (Å²) in [6, 6.07) is 0.124. The molecule has 0 unspecified atom stereocenters. The van der Waals surface area contributed by atoms with Gasteiger partial charge in [0.25, 0.3) is 5.88 Å². The minimum atomic E-state index is -4.71. The summed E-state index contributed by atoms with van der Waals surface area (Å²) in [6.45, 7) is 3.10. The van der Waals surface area contributed by atoms with Crippen molar-refractivity contribution in [3.8, 4) is 5.88 Å². The summed E-state index contributed by atoms with van der Waals surface area (Å²) in [4.78, 5) is 31.9. The number of anilines is 2. The molecule has 0 aliphatic heterocycles. The van der Waals surface area contributed by atoms with Crippen LogP contribution in [0.3, 0.4) is 0 Å². The monoisotopic (exact) mass is 439 g/mol. The van der Waals surface area contributed by atoms with E-state index >= 15 is 0 Å². The van der Waals surface area contributed by atoms with Crippen LogP contribution in [0.1, 0.15) is 55.5 Å². The average molecular weight is 439 g/mol. The van der Waals surface area contributed by atoms with Gasteiger partial charge in [-0.05, 0) is 38.5 Å². The van der Waals surface area contributed by atoms with Gasteiger partial charge in [0, 0.05) is 43.5 Å². The van der Waals surface area contributed by atoms with Crippen molar-refractivity contribution in [1.29, 1.82) is 0 Å². The highest BCUT2D eigenvalue weighted by Crippen LogP contribution is 2.38. The SMILES string of the molecule is CNc1nc(NC2CCC(c3cnc(C(F)(F)F)nc3ONC(C)=O)CC2)ncc1C. The molecule has 0 aromatic carbocycles. The second-order valence-corrected chi connectivity index (χ2v) is 7.38. The van der Waals surface area contributed by atoms with E-state index in [9.17, 15) is 18.0 Å². The van der Waals surface area contributed by atoms with E-state index in [-0.39, 0.29) is 17.8 Å². The third-order valence-electron chi connectivity index (χ3n) is 5.03. The summed E-state index contributed by atoms with van der Waals surface area (Å²) < 4.78 is 39.0. The maximum atomic E-state index is 13.0. The number of hydroxylamine groups is 1. The zero-order valence-corrected chi connectivity index (χ0v) is 17.4. The highest BCUT2D eigenvalue weighted by molar-refractivity contribution is 5.71. The third-order valence-corrected chi connectivity index (χ3v) is 5.03. The van der Waals surface area contributed by atoms with Crippen molar-refractivity contribution in [2.24, 2.45) is 0 Å². The van der Waals surface area contributed by atoms with Gasteiger partial charge in [0.05, 0.1) is 0 Å². The zero-order valence-electron chi connectivity index (χ0n) is 17.4. The van der Waals surface area contributed by atoms with Gasteiger partial charge in [0.2, 0.25) is 17.7 Å². The molecule has 12 heteroatoms. The Balaban J connectivity index is 1.70. The lowest BCUT2D eigenvalue weighted by molar-refractivity contribution is -0.145. The first-order chi connectivity index (χ1) is 14.7. The number of hydrogen-bond donors (Lipinski definition) is 3. The van der Waals surface area contributed by atoms with E-state index in [0.717, 1.165) is 30.4 Å². The maximum absolute atomic E-state index is 13.0. The summed E-state index contributed by atoms with van der Waals surface area (Å²) in [5.74, 6) is -0.988. The van der Waals surface area contributed by atoms with Crippen molar-refractivity contribution in [2.75, 3.05) is 17.7 Å². The molecular formula is C19H24F3N7O2. The number of nitrogens with zero attached hydrogens (tertiary/aromatic N) is 4. The topological polar surface area (TPSA) is 114 Å². The maximum Gasteiger partial charge on any atom is 0.451 e. The molecule has 0 atom stereocenters. The van der Waals surface area contributed by atoms with Gasteiger partial charge in [0.15, 0.2) is 0 Å². The normalized spacial score (nSPS) is 18.9. The third kappa shape index (κ3) is 5.70. The van der Waals surface area contributed by atoms with Crippen molar-refractivity contribution in [3.63, 3.8) is 0 Å². The molecule has 0 bridgehead atoms. The predicted octanol–water partition coefficient (Wildman–Crippen LogP) is 3.20. The molecule has 2 aromatic rings. The molecule has 31 heavy (non-hydrogen) atoms. The molecule has 0 radical (unpaired) electrons. The second-order valence-electron chi connectivity index (χ2n) is 7.38. The van der Waals surface area contributed by atoms with E-state index in [1.807, 2.05) is 12.4 Å². The number of rotatable bonds is 6. The summed E-state index contributed by atoms with van der Waals surface area (Å²) in [6.07, 6.45) is 0.996. The van der Waals surface area contributed by atoms with Crippen molar-refractivity contribution >= 4 is 17.7 Å². The molecule has 0 saturated heterocycles. The van der Waals surface area contributed by atoms with Gasteiger partial charge in [0.1, 0.15) is 5.82 Å². The highest BCUT2D eigenvalue weighted by atomic mass is 19.4. The Morgan fingerprint density at radius 2 is 1.84 bits per heavy atom. The van der Waals surface area contributed by atoms with Crippen LogP contribution in [-0.2, 0) is 11.0 Å². The second kappa shape index (κ2) is 9.31. The smallest absolute Gasteiger partial charge is 0.373 e. The lowest BCUT2D eigenvalue weighted by atomic mass is 9.82. The van der Waals surface area contributed by atoms with Gasteiger partial charge in [-0.15, -0.1) is 0 Å². The highest BCUT2D eigenvalue weighted by Gasteiger charge is 2.36. The van der Waals surface area contributed by atoms with Crippen molar-refractivity contribution in [1.82, 2.24) is 25.4 Å². The van der Waals surface area contributed by atoms with Gasteiger partial charge < -0.3 is 15.5 Å². The molecule has 9 nitrogen and oxygen atoms in total. The Labute approximate surface area is 177 Å². The van der Waals surface area contributed by atoms with Gasteiger partial charge in [-0.25, -0.2) is 9.97 Å². The number of carbonyl (C=O) groups excluding carboxylic acids is 1. The molecule has 0 spiro atoms. The Bertz CT molecular complexity index is 931. The molecule has 2 aromatic heterocycles. The van der Waals surface area contributed by atoms with Gasteiger partial charge in [-0.2, -0.15) is 28.6 Å². The zero-order chi connectivity index (χ0) is 22.6. The standard InChI is InChI=1S/C19H24F3N7O2/c1-10-8-25-18(27-15(10)23-3)26-13-6-4-12(5-7-13)14-9-24-17(19(20,21)22)28-16(14)31-29-11(2)30/h8-9,12-13H,4-7H2,1-3H3,(H,29,30)(H2,23,25,26,27). The van der Waals surface area contributed by atoms with E-state index in [2.05, 4.69) is 30.6 Å². The molecule has 1 amide bonds.